The van der Waals surface area contributed by atoms with E-state index in [0.717, 1.165) is 18.2 Å². The lowest BCUT2D eigenvalue weighted by atomic mass is 10.1. The van der Waals surface area contributed by atoms with Crippen LogP contribution in [0.2, 0.25) is 0 Å². The fraction of sp³-hybridized carbons (Fsp3) is 0.143. The normalized spacial score (nSPS) is 17.3. The van der Waals surface area contributed by atoms with Crippen molar-refractivity contribution in [1.29, 1.82) is 0 Å². The molecule has 5 heteroatoms. The third kappa shape index (κ3) is 2.23. The summed E-state index contributed by atoms with van der Waals surface area (Å²) in [7, 11) is 0. The lowest BCUT2D eigenvalue weighted by Gasteiger charge is -2.27. The first-order chi connectivity index (χ1) is 9.13. The molecule has 2 aromatic carbocycles. The molecule has 1 unspecified atom stereocenters. The molecule has 19 heavy (non-hydrogen) atoms. The standard InChI is InChI=1S/C14H10F3NO/c15-8-1-3-11(17)10(5-8)14-7-18-12-4-2-9(16)6-13(12)19-14/h1-6,14,18H,7H2. The van der Waals surface area contributed by atoms with Crippen molar-refractivity contribution in [2.45, 2.75) is 6.10 Å². The van der Waals surface area contributed by atoms with Gasteiger partial charge in [-0.1, -0.05) is 0 Å². The van der Waals surface area contributed by atoms with Crippen molar-refractivity contribution in [2.24, 2.45) is 0 Å². The second kappa shape index (κ2) is 4.50. The molecule has 0 saturated carbocycles. The summed E-state index contributed by atoms with van der Waals surface area (Å²) in [6.45, 7) is 0.291. The van der Waals surface area contributed by atoms with Crippen LogP contribution in [0.1, 0.15) is 11.7 Å². The molecule has 0 amide bonds. The van der Waals surface area contributed by atoms with E-state index in [2.05, 4.69) is 5.32 Å². The van der Waals surface area contributed by atoms with E-state index in [1.807, 2.05) is 0 Å². The highest BCUT2D eigenvalue weighted by atomic mass is 19.1. The van der Waals surface area contributed by atoms with Crippen LogP contribution in [0.25, 0.3) is 0 Å². The Morgan fingerprint density at radius 2 is 1.74 bits per heavy atom. The third-order valence-corrected chi connectivity index (χ3v) is 3.00. The Balaban J connectivity index is 1.95. The Hall–Kier alpha value is -2.17. The summed E-state index contributed by atoms with van der Waals surface area (Å²) in [5.74, 6) is -1.24. The van der Waals surface area contributed by atoms with E-state index in [0.29, 0.717) is 18.0 Å². The quantitative estimate of drug-likeness (QED) is 0.849. The van der Waals surface area contributed by atoms with Crippen LogP contribution in [0.3, 0.4) is 0 Å². The zero-order valence-corrected chi connectivity index (χ0v) is 9.79. The van der Waals surface area contributed by atoms with E-state index in [1.54, 1.807) is 6.07 Å². The van der Waals surface area contributed by atoms with Gasteiger partial charge in [-0.05, 0) is 30.3 Å². The number of nitrogens with one attached hydrogen (secondary N) is 1. The predicted molar refractivity (Wildman–Crippen MR) is 64.6 cm³/mol. The molecule has 1 heterocycles. The van der Waals surface area contributed by atoms with Crippen LogP contribution in [0, 0.1) is 17.5 Å². The second-order valence-electron chi connectivity index (χ2n) is 4.29. The highest BCUT2D eigenvalue weighted by Crippen LogP contribution is 2.35. The lowest BCUT2D eigenvalue weighted by Crippen LogP contribution is -2.24. The van der Waals surface area contributed by atoms with Gasteiger partial charge in [0.1, 0.15) is 29.3 Å². The molecule has 1 N–H and O–H groups in total. The van der Waals surface area contributed by atoms with Crippen molar-refractivity contribution in [3.8, 4) is 5.75 Å². The predicted octanol–water partition coefficient (Wildman–Crippen LogP) is 3.65. The smallest absolute Gasteiger partial charge is 0.146 e. The molecule has 2 nitrogen and oxygen atoms in total. The third-order valence-electron chi connectivity index (χ3n) is 3.00. The van der Waals surface area contributed by atoms with Crippen LogP contribution in [0.4, 0.5) is 18.9 Å². The summed E-state index contributed by atoms with van der Waals surface area (Å²) in [5.41, 5.74) is 0.747. The van der Waals surface area contributed by atoms with Crippen LogP contribution < -0.4 is 10.1 Å². The number of fused-ring (bicyclic) bond motifs is 1. The first kappa shape index (κ1) is 11.9. The second-order valence-corrected chi connectivity index (χ2v) is 4.29. The molecule has 0 aliphatic carbocycles. The molecule has 1 aliphatic rings. The Labute approximate surface area is 107 Å². The average molecular weight is 265 g/mol. The van der Waals surface area contributed by atoms with Gasteiger partial charge in [0, 0.05) is 11.6 Å². The lowest BCUT2D eigenvalue weighted by molar-refractivity contribution is 0.204. The molecular weight excluding hydrogens is 255 g/mol. The van der Waals surface area contributed by atoms with Gasteiger partial charge in [0.25, 0.3) is 0 Å². The van der Waals surface area contributed by atoms with Crippen molar-refractivity contribution < 1.29 is 17.9 Å². The van der Waals surface area contributed by atoms with Gasteiger partial charge in [0.2, 0.25) is 0 Å². The Bertz CT molecular complexity index is 630. The van der Waals surface area contributed by atoms with Crippen molar-refractivity contribution in [2.75, 3.05) is 11.9 Å². The minimum Gasteiger partial charge on any atom is -0.481 e. The van der Waals surface area contributed by atoms with Crippen molar-refractivity contribution >= 4 is 5.69 Å². The van der Waals surface area contributed by atoms with Gasteiger partial charge in [0.05, 0.1) is 12.2 Å². The van der Waals surface area contributed by atoms with Crippen LogP contribution >= 0.6 is 0 Å². The molecule has 0 saturated heterocycles. The molecule has 3 rings (SSSR count). The highest BCUT2D eigenvalue weighted by Gasteiger charge is 2.24. The van der Waals surface area contributed by atoms with Gasteiger partial charge < -0.3 is 10.1 Å². The van der Waals surface area contributed by atoms with Crippen LogP contribution in [0.15, 0.2) is 36.4 Å². The zero-order valence-electron chi connectivity index (χ0n) is 9.79. The molecule has 0 fully saturated rings. The summed E-state index contributed by atoms with van der Waals surface area (Å²) in [6.07, 6.45) is -0.690. The topological polar surface area (TPSA) is 21.3 Å². The van der Waals surface area contributed by atoms with E-state index in [-0.39, 0.29) is 5.56 Å². The zero-order chi connectivity index (χ0) is 13.4. The van der Waals surface area contributed by atoms with Crippen LogP contribution in [-0.4, -0.2) is 6.54 Å². The molecule has 0 radical (unpaired) electrons. The fourth-order valence-electron chi connectivity index (χ4n) is 2.07. The van der Waals surface area contributed by atoms with Gasteiger partial charge in [-0.25, -0.2) is 13.2 Å². The van der Waals surface area contributed by atoms with Gasteiger partial charge in [0.15, 0.2) is 0 Å². The van der Waals surface area contributed by atoms with E-state index >= 15 is 0 Å². The Morgan fingerprint density at radius 3 is 2.58 bits per heavy atom. The summed E-state index contributed by atoms with van der Waals surface area (Å²) < 4.78 is 45.5. The minimum absolute atomic E-state index is 0.113. The van der Waals surface area contributed by atoms with Crippen molar-refractivity contribution in [3.05, 3.63) is 59.4 Å². The maximum absolute atomic E-state index is 13.7. The number of rotatable bonds is 1. The van der Waals surface area contributed by atoms with Gasteiger partial charge in [-0.2, -0.15) is 0 Å². The van der Waals surface area contributed by atoms with Crippen molar-refractivity contribution in [1.82, 2.24) is 0 Å². The number of ether oxygens (including phenoxy) is 1. The molecule has 0 spiro atoms. The summed E-state index contributed by atoms with van der Waals surface area (Å²) in [6, 6.07) is 7.25. The number of benzene rings is 2. The monoisotopic (exact) mass is 265 g/mol. The minimum atomic E-state index is -0.690. The molecule has 1 aliphatic heterocycles. The van der Waals surface area contributed by atoms with E-state index < -0.39 is 23.6 Å². The molecule has 0 aromatic heterocycles. The fourth-order valence-corrected chi connectivity index (χ4v) is 2.07. The Morgan fingerprint density at radius 1 is 1.00 bits per heavy atom. The first-order valence-corrected chi connectivity index (χ1v) is 5.78. The number of hydrogen-bond acceptors (Lipinski definition) is 2. The number of hydrogen-bond donors (Lipinski definition) is 1. The van der Waals surface area contributed by atoms with Crippen LogP contribution in [0.5, 0.6) is 5.75 Å². The molecule has 98 valence electrons. The molecule has 1 atom stereocenters. The summed E-state index contributed by atoms with van der Waals surface area (Å²) in [4.78, 5) is 0. The molecular formula is C14H10F3NO. The van der Waals surface area contributed by atoms with Gasteiger partial charge >= 0.3 is 0 Å². The van der Waals surface area contributed by atoms with E-state index in [4.69, 9.17) is 4.74 Å². The number of anilines is 1. The summed E-state index contributed by atoms with van der Waals surface area (Å²) in [5, 5.41) is 3.00. The highest BCUT2D eigenvalue weighted by molar-refractivity contribution is 5.58. The van der Waals surface area contributed by atoms with E-state index in [1.165, 1.54) is 12.1 Å². The Kier molecular flexibility index (Phi) is 2.81. The first-order valence-electron chi connectivity index (χ1n) is 5.78. The largest absolute Gasteiger partial charge is 0.481 e. The molecule has 2 aromatic rings. The van der Waals surface area contributed by atoms with E-state index in [9.17, 15) is 13.2 Å². The number of halogens is 3. The summed E-state index contributed by atoms with van der Waals surface area (Å²) >= 11 is 0. The van der Waals surface area contributed by atoms with Crippen molar-refractivity contribution in [3.63, 3.8) is 0 Å². The average Bonchev–Trinajstić information content (AvgIpc) is 2.40. The maximum atomic E-state index is 13.7. The molecule has 0 bridgehead atoms. The maximum Gasteiger partial charge on any atom is 0.146 e. The SMILES string of the molecule is Fc1ccc2c(c1)OC(c1cc(F)ccc1F)CN2. The van der Waals surface area contributed by atoms with Gasteiger partial charge in [-0.3, -0.25) is 0 Å². The van der Waals surface area contributed by atoms with Gasteiger partial charge in [-0.15, -0.1) is 0 Å². The van der Waals surface area contributed by atoms with Crippen LogP contribution in [-0.2, 0) is 0 Å².